The Morgan fingerprint density at radius 1 is 0.966 bits per heavy atom. The summed E-state index contributed by atoms with van der Waals surface area (Å²) >= 11 is 0. The van der Waals surface area contributed by atoms with E-state index in [-0.39, 0.29) is 23.6 Å². The Hall–Kier alpha value is -3.19. The van der Waals surface area contributed by atoms with Gasteiger partial charge in [-0.3, -0.25) is 4.31 Å². The third kappa shape index (κ3) is 5.00. The van der Waals surface area contributed by atoms with Crippen LogP contribution in [0.4, 0.5) is 10.1 Å². The Labute approximate surface area is 169 Å². The number of carbonyl (C=O) groups is 1. The van der Waals surface area contributed by atoms with Crippen molar-refractivity contribution in [3.63, 3.8) is 0 Å². The molecule has 7 heteroatoms. The molecule has 0 aromatic heterocycles. The average molecular weight is 413 g/mol. The molecule has 150 valence electrons. The minimum Gasteiger partial charge on any atom is -0.460 e. The number of benzene rings is 3. The van der Waals surface area contributed by atoms with Gasteiger partial charge in [0.2, 0.25) is 0 Å². The summed E-state index contributed by atoms with van der Waals surface area (Å²) in [6.07, 6.45) is 0. The molecule has 0 atom stereocenters. The zero-order valence-electron chi connectivity index (χ0n) is 15.8. The normalized spacial score (nSPS) is 11.1. The van der Waals surface area contributed by atoms with Crippen LogP contribution in [0.1, 0.15) is 15.9 Å². The summed E-state index contributed by atoms with van der Waals surface area (Å²) in [5.41, 5.74) is 1.46. The van der Waals surface area contributed by atoms with Crippen LogP contribution in [0.5, 0.6) is 0 Å². The summed E-state index contributed by atoms with van der Waals surface area (Å²) in [5.74, 6) is -1.27. The van der Waals surface area contributed by atoms with Crippen molar-refractivity contribution in [3.05, 3.63) is 95.8 Å². The van der Waals surface area contributed by atoms with E-state index < -0.39 is 21.8 Å². The number of carbonyl (C=O) groups excluding carboxylic acids is 1. The zero-order valence-corrected chi connectivity index (χ0v) is 16.6. The molecule has 0 heterocycles. The molecule has 0 saturated carbocycles. The van der Waals surface area contributed by atoms with Crippen molar-refractivity contribution in [2.24, 2.45) is 0 Å². The van der Waals surface area contributed by atoms with E-state index in [1.807, 2.05) is 6.92 Å². The van der Waals surface area contributed by atoms with Crippen molar-refractivity contribution < 1.29 is 22.3 Å². The van der Waals surface area contributed by atoms with Crippen LogP contribution in [0.15, 0.2) is 83.8 Å². The van der Waals surface area contributed by atoms with Crippen LogP contribution in [-0.2, 0) is 14.8 Å². The summed E-state index contributed by atoms with van der Waals surface area (Å²) in [7, 11) is -3.86. The maximum absolute atomic E-state index is 13.3. The minimum atomic E-state index is -3.86. The van der Waals surface area contributed by atoms with Crippen LogP contribution in [0.3, 0.4) is 0 Å². The highest BCUT2D eigenvalue weighted by Gasteiger charge is 2.25. The van der Waals surface area contributed by atoms with Gasteiger partial charge in [0.1, 0.15) is 12.4 Å². The Balaban J connectivity index is 1.80. The Morgan fingerprint density at radius 3 is 2.31 bits per heavy atom. The summed E-state index contributed by atoms with van der Waals surface area (Å²) in [6, 6.07) is 20.2. The maximum atomic E-state index is 13.3. The van der Waals surface area contributed by atoms with Crippen LogP contribution in [-0.4, -0.2) is 27.5 Å². The van der Waals surface area contributed by atoms with E-state index in [0.29, 0.717) is 5.69 Å². The summed E-state index contributed by atoms with van der Waals surface area (Å²) in [5, 5.41) is 0. The number of rotatable bonds is 7. The molecule has 0 N–H and O–H groups in total. The summed E-state index contributed by atoms with van der Waals surface area (Å²) < 4.78 is 46.0. The molecule has 0 aliphatic carbocycles. The van der Waals surface area contributed by atoms with E-state index >= 15 is 0 Å². The molecule has 0 fully saturated rings. The highest BCUT2D eigenvalue weighted by Crippen LogP contribution is 2.23. The van der Waals surface area contributed by atoms with Crippen molar-refractivity contribution in [2.45, 2.75) is 11.8 Å². The molecular weight excluding hydrogens is 393 g/mol. The molecule has 0 spiro atoms. The Bertz CT molecular complexity index is 1080. The molecule has 0 radical (unpaired) electrons. The minimum absolute atomic E-state index is 0.0673. The van der Waals surface area contributed by atoms with Crippen LogP contribution in [0.25, 0.3) is 0 Å². The smallest absolute Gasteiger partial charge is 0.338 e. The van der Waals surface area contributed by atoms with E-state index in [2.05, 4.69) is 0 Å². The Morgan fingerprint density at radius 2 is 1.66 bits per heavy atom. The lowest BCUT2D eigenvalue weighted by Gasteiger charge is -2.24. The van der Waals surface area contributed by atoms with Crippen molar-refractivity contribution in [1.82, 2.24) is 0 Å². The molecule has 0 unspecified atom stereocenters. The zero-order chi connectivity index (χ0) is 20.9. The second-order valence-electron chi connectivity index (χ2n) is 6.37. The molecule has 0 amide bonds. The fourth-order valence-electron chi connectivity index (χ4n) is 2.74. The van der Waals surface area contributed by atoms with Crippen LogP contribution in [0.2, 0.25) is 0 Å². The monoisotopic (exact) mass is 413 g/mol. The number of nitrogens with zero attached hydrogens (tertiary/aromatic N) is 1. The molecule has 3 rings (SSSR count). The van der Waals surface area contributed by atoms with Gasteiger partial charge < -0.3 is 4.74 Å². The molecule has 0 aliphatic rings. The van der Waals surface area contributed by atoms with Gasteiger partial charge in [-0.15, -0.1) is 0 Å². The predicted molar refractivity (Wildman–Crippen MR) is 109 cm³/mol. The molecular formula is C22H20FNO4S. The van der Waals surface area contributed by atoms with E-state index in [4.69, 9.17) is 4.74 Å². The molecule has 3 aromatic rings. The number of hydrogen-bond donors (Lipinski definition) is 0. The van der Waals surface area contributed by atoms with Gasteiger partial charge in [0.05, 0.1) is 22.7 Å². The quantitative estimate of drug-likeness (QED) is 0.545. The lowest BCUT2D eigenvalue weighted by atomic mass is 10.2. The third-order valence-corrected chi connectivity index (χ3v) is 6.08. The second-order valence-corrected chi connectivity index (χ2v) is 8.23. The fourth-order valence-corrected chi connectivity index (χ4v) is 4.19. The van der Waals surface area contributed by atoms with Gasteiger partial charge >= 0.3 is 5.97 Å². The molecule has 5 nitrogen and oxygen atoms in total. The van der Waals surface area contributed by atoms with Crippen LogP contribution in [0, 0.1) is 12.7 Å². The van der Waals surface area contributed by atoms with Crippen molar-refractivity contribution >= 4 is 21.7 Å². The molecule has 29 heavy (non-hydrogen) atoms. The average Bonchev–Trinajstić information content (AvgIpc) is 2.72. The first kappa shape index (κ1) is 20.5. The fraction of sp³-hybridized carbons (Fsp3) is 0.136. The first-order valence-corrected chi connectivity index (χ1v) is 10.4. The lowest BCUT2D eigenvalue weighted by molar-refractivity contribution is 0.0517. The van der Waals surface area contributed by atoms with Gasteiger partial charge in [0.15, 0.2) is 0 Å². The number of para-hydroxylation sites is 1. The largest absolute Gasteiger partial charge is 0.460 e. The van der Waals surface area contributed by atoms with E-state index in [1.165, 1.54) is 22.5 Å². The van der Waals surface area contributed by atoms with Crippen molar-refractivity contribution in [2.75, 3.05) is 17.5 Å². The third-order valence-electron chi connectivity index (χ3n) is 4.24. The van der Waals surface area contributed by atoms with Crippen molar-refractivity contribution in [3.8, 4) is 0 Å². The maximum Gasteiger partial charge on any atom is 0.338 e. The molecule has 0 bridgehead atoms. The van der Waals surface area contributed by atoms with E-state index in [1.54, 1.807) is 54.6 Å². The van der Waals surface area contributed by atoms with Gasteiger partial charge in [-0.1, -0.05) is 42.0 Å². The highest BCUT2D eigenvalue weighted by atomic mass is 32.2. The second kappa shape index (κ2) is 8.87. The molecule has 0 saturated heterocycles. The van der Waals surface area contributed by atoms with Crippen molar-refractivity contribution in [1.29, 1.82) is 0 Å². The van der Waals surface area contributed by atoms with Gasteiger partial charge in [-0.2, -0.15) is 0 Å². The van der Waals surface area contributed by atoms with E-state index in [9.17, 15) is 17.6 Å². The SMILES string of the molecule is Cc1ccc(S(=O)(=O)N(CCOC(=O)c2cccc(F)c2)c2ccccc2)cc1. The van der Waals surface area contributed by atoms with Gasteiger partial charge in [0, 0.05) is 0 Å². The lowest BCUT2D eigenvalue weighted by Crippen LogP contribution is -2.34. The van der Waals surface area contributed by atoms with Gasteiger partial charge in [-0.05, 0) is 49.4 Å². The first-order chi connectivity index (χ1) is 13.9. The molecule has 3 aromatic carbocycles. The topological polar surface area (TPSA) is 63.7 Å². The van der Waals surface area contributed by atoms with Gasteiger partial charge in [0.25, 0.3) is 10.0 Å². The number of hydrogen-bond acceptors (Lipinski definition) is 4. The number of esters is 1. The number of halogens is 1. The van der Waals surface area contributed by atoms with E-state index in [0.717, 1.165) is 11.6 Å². The number of anilines is 1. The highest BCUT2D eigenvalue weighted by molar-refractivity contribution is 7.92. The van der Waals surface area contributed by atoms with Crippen LogP contribution >= 0.6 is 0 Å². The summed E-state index contributed by atoms with van der Waals surface area (Å²) in [6.45, 7) is 1.61. The van der Waals surface area contributed by atoms with Crippen LogP contribution < -0.4 is 4.31 Å². The summed E-state index contributed by atoms with van der Waals surface area (Å²) in [4.78, 5) is 12.3. The number of aryl methyl sites for hydroxylation is 1. The standard InChI is InChI=1S/C22H20FNO4S/c1-17-10-12-21(13-11-17)29(26,27)24(20-8-3-2-4-9-20)14-15-28-22(25)18-6-5-7-19(23)16-18/h2-13,16H,14-15H2,1H3. The predicted octanol–water partition coefficient (Wildman–Crippen LogP) is 4.19. The van der Waals surface area contributed by atoms with Gasteiger partial charge in [-0.25, -0.2) is 17.6 Å². The first-order valence-electron chi connectivity index (χ1n) is 8.95. The number of sulfonamides is 1. The molecule has 0 aliphatic heterocycles. The number of ether oxygens (including phenoxy) is 1. The Kier molecular flexibility index (Phi) is 6.29.